The maximum Gasteiger partial charge on any atom is 0.247 e. The van der Waals surface area contributed by atoms with Gasteiger partial charge in [-0.05, 0) is 29.2 Å². The molecule has 0 saturated carbocycles. The van der Waals surface area contributed by atoms with Gasteiger partial charge in [0.25, 0.3) is 0 Å². The smallest absolute Gasteiger partial charge is 0.247 e. The molecule has 1 aliphatic heterocycles. The van der Waals surface area contributed by atoms with Crippen LogP contribution in [0.15, 0.2) is 48.8 Å². The Hall–Kier alpha value is -4.71. The number of carbonyl (C=O) groups is 1. The molecule has 2 atom stereocenters. The second kappa shape index (κ2) is 11.3. The third-order valence-electron chi connectivity index (χ3n) is 7.24. The van der Waals surface area contributed by atoms with Crippen molar-refractivity contribution in [3.8, 4) is 12.1 Å². The highest BCUT2D eigenvalue weighted by Gasteiger charge is 2.44. The molecule has 11 nitrogen and oxygen atoms in total. The molecule has 4 aromatic rings. The molecule has 5 rings (SSSR count). The summed E-state index contributed by atoms with van der Waals surface area (Å²) in [4.78, 5) is 16.9. The van der Waals surface area contributed by atoms with Crippen molar-refractivity contribution in [3.63, 3.8) is 0 Å². The molecule has 1 amide bonds. The number of nitrogens with one attached hydrogen (secondary N) is 2. The molecule has 1 aliphatic rings. The number of benzene rings is 2. The normalized spacial score (nSPS) is 17.4. The Morgan fingerprint density at radius 3 is 2.64 bits per heavy atom. The molecule has 12 heteroatoms. The molecule has 2 aromatic heterocycles. The minimum atomic E-state index is -1.14. The number of halogens is 1. The van der Waals surface area contributed by atoms with E-state index in [1.165, 1.54) is 10.9 Å². The Bertz CT molecular complexity index is 1740. The summed E-state index contributed by atoms with van der Waals surface area (Å²) in [5, 5.41) is 36.5. The molecule has 0 bridgehead atoms. The van der Waals surface area contributed by atoms with Crippen LogP contribution >= 0.6 is 11.6 Å². The fourth-order valence-corrected chi connectivity index (χ4v) is 5.19. The number of fused-ring (bicyclic) bond motifs is 1. The summed E-state index contributed by atoms with van der Waals surface area (Å²) in [6.45, 7) is 7.34. The first-order chi connectivity index (χ1) is 20.1. The van der Waals surface area contributed by atoms with Crippen molar-refractivity contribution in [2.45, 2.75) is 38.8 Å². The van der Waals surface area contributed by atoms with E-state index in [1.807, 2.05) is 24.3 Å². The number of aromatic nitrogens is 4. The van der Waals surface area contributed by atoms with E-state index in [0.29, 0.717) is 69.3 Å². The highest BCUT2D eigenvalue weighted by atomic mass is 35.5. The molecule has 3 heterocycles. The van der Waals surface area contributed by atoms with Gasteiger partial charge in [-0.1, -0.05) is 55.8 Å². The average Bonchev–Trinajstić information content (AvgIpc) is 3.65. The highest BCUT2D eigenvalue weighted by molar-refractivity contribution is 6.31. The van der Waals surface area contributed by atoms with Gasteiger partial charge in [-0.15, -0.1) is 5.10 Å². The van der Waals surface area contributed by atoms with E-state index in [1.54, 1.807) is 18.3 Å². The van der Waals surface area contributed by atoms with Crippen molar-refractivity contribution in [1.29, 1.82) is 10.5 Å². The van der Waals surface area contributed by atoms with Crippen molar-refractivity contribution in [3.05, 3.63) is 76.2 Å². The first-order valence-electron chi connectivity index (χ1n) is 13.4. The molecule has 0 spiro atoms. The van der Waals surface area contributed by atoms with Gasteiger partial charge in [0.2, 0.25) is 5.91 Å². The SMILES string of the molecule is CC(C)(C)CNc1c(C#N)cnc2c(C#N)cc(N[C@H](c3cn(C4(C(N)=O)CCOC4)nn3)c3ccccc3Cl)cc12. The molecule has 0 radical (unpaired) electrons. The molecule has 2 aromatic carbocycles. The number of pyridine rings is 1. The van der Waals surface area contributed by atoms with Crippen LogP contribution in [-0.2, 0) is 15.1 Å². The fraction of sp³-hybridized carbons (Fsp3) is 0.333. The van der Waals surface area contributed by atoms with Gasteiger partial charge >= 0.3 is 0 Å². The highest BCUT2D eigenvalue weighted by Crippen LogP contribution is 2.36. The summed E-state index contributed by atoms with van der Waals surface area (Å²) in [6.07, 6.45) is 3.52. The Morgan fingerprint density at radius 1 is 1.24 bits per heavy atom. The predicted molar refractivity (Wildman–Crippen MR) is 159 cm³/mol. The van der Waals surface area contributed by atoms with Crippen molar-refractivity contribution >= 4 is 39.8 Å². The van der Waals surface area contributed by atoms with E-state index < -0.39 is 17.5 Å². The standard InChI is InChI=1S/C30H30ClN9O2/c1-29(2,3)16-36-26-19(13-33)14-35-25-18(12-32)10-20(11-22(25)26)37-27(21-6-4-5-7-23(21)31)24-15-40(39-38-24)30(28(34)41)8-9-42-17-30/h4-7,10-11,14-15,27,37H,8-9,16-17H2,1-3H3,(H2,34,41)(H,35,36)/t27-,30?/m0/s1. The van der Waals surface area contributed by atoms with Crippen LogP contribution in [0.5, 0.6) is 0 Å². The molecule has 1 unspecified atom stereocenters. The lowest BCUT2D eigenvalue weighted by molar-refractivity contribution is -0.127. The number of nitrogens with zero attached hydrogens (tertiary/aromatic N) is 6. The number of hydrogen-bond acceptors (Lipinski definition) is 9. The largest absolute Gasteiger partial charge is 0.383 e. The van der Waals surface area contributed by atoms with Crippen molar-refractivity contribution < 1.29 is 9.53 Å². The summed E-state index contributed by atoms with van der Waals surface area (Å²) in [7, 11) is 0. The van der Waals surface area contributed by atoms with Crippen LogP contribution in [0.2, 0.25) is 5.02 Å². The summed E-state index contributed by atoms with van der Waals surface area (Å²) in [5.41, 5.74) is 8.10. The van der Waals surface area contributed by atoms with Crippen LogP contribution in [0.3, 0.4) is 0 Å². The summed E-state index contributed by atoms with van der Waals surface area (Å²) >= 11 is 6.65. The lowest BCUT2D eigenvalue weighted by Crippen LogP contribution is -2.47. The Balaban J connectivity index is 1.63. The van der Waals surface area contributed by atoms with Gasteiger partial charge in [0, 0.05) is 41.9 Å². The van der Waals surface area contributed by atoms with Gasteiger partial charge in [-0.3, -0.25) is 9.78 Å². The van der Waals surface area contributed by atoms with E-state index in [0.717, 1.165) is 0 Å². The van der Waals surface area contributed by atoms with Crippen LogP contribution < -0.4 is 16.4 Å². The molecule has 1 fully saturated rings. The summed E-state index contributed by atoms with van der Waals surface area (Å²) < 4.78 is 6.95. The van der Waals surface area contributed by atoms with E-state index in [-0.39, 0.29) is 12.0 Å². The monoisotopic (exact) mass is 583 g/mol. The zero-order valence-electron chi connectivity index (χ0n) is 23.5. The topological polar surface area (TPSA) is 168 Å². The first-order valence-corrected chi connectivity index (χ1v) is 13.8. The van der Waals surface area contributed by atoms with E-state index >= 15 is 0 Å². The van der Waals surface area contributed by atoms with E-state index in [4.69, 9.17) is 22.1 Å². The van der Waals surface area contributed by atoms with E-state index in [9.17, 15) is 15.3 Å². The summed E-state index contributed by atoms with van der Waals surface area (Å²) in [6, 6.07) is 14.7. The lowest BCUT2D eigenvalue weighted by Gasteiger charge is -2.24. The zero-order valence-corrected chi connectivity index (χ0v) is 24.2. The number of nitrogens with two attached hydrogens (primary N) is 1. The number of ether oxygens (including phenoxy) is 1. The maximum absolute atomic E-state index is 12.5. The lowest BCUT2D eigenvalue weighted by atomic mass is 9.96. The zero-order chi connectivity index (χ0) is 30.1. The van der Waals surface area contributed by atoms with Gasteiger partial charge in [-0.25, -0.2) is 4.68 Å². The van der Waals surface area contributed by atoms with Gasteiger partial charge in [0.15, 0.2) is 5.54 Å². The van der Waals surface area contributed by atoms with Crippen LogP contribution in [0.4, 0.5) is 11.4 Å². The van der Waals surface area contributed by atoms with Gasteiger partial charge < -0.3 is 21.1 Å². The molecule has 1 saturated heterocycles. The van der Waals surface area contributed by atoms with Gasteiger partial charge in [0.1, 0.15) is 17.8 Å². The molecular weight excluding hydrogens is 554 g/mol. The van der Waals surface area contributed by atoms with Crippen LogP contribution in [0, 0.1) is 28.1 Å². The average molecular weight is 584 g/mol. The molecule has 0 aliphatic carbocycles. The third-order valence-corrected chi connectivity index (χ3v) is 7.58. The number of amides is 1. The maximum atomic E-state index is 12.5. The Kier molecular flexibility index (Phi) is 7.74. The second-order valence-corrected chi connectivity index (χ2v) is 11.9. The summed E-state index contributed by atoms with van der Waals surface area (Å²) in [5.74, 6) is -0.553. The minimum Gasteiger partial charge on any atom is -0.383 e. The third kappa shape index (κ3) is 5.45. The number of primary amides is 1. The van der Waals surface area contributed by atoms with Gasteiger partial charge in [0.05, 0.1) is 41.2 Å². The van der Waals surface area contributed by atoms with Crippen LogP contribution in [-0.4, -0.2) is 45.6 Å². The van der Waals surface area contributed by atoms with Crippen molar-refractivity contribution in [2.75, 3.05) is 30.4 Å². The van der Waals surface area contributed by atoms with Crippen molar-refractivity contribution in [2.24, 2.45) is 11.1 Å². The number of nitriles is 2. The first kappa shape index (κ1) is 28.8. The molecule has 214 valence electrons. The number of carbonyl (C=O) groups excluding carboxylic acids is 1. The fourth-order valence-electron chi connectivity index (χ4n) is 4.95. The number of rotatable bonds is 8. The molecule has 42 heavy (non-hydrogen) atoms. The van der Waals surface area contributed by atoms with Gasteiger partial charge in [-0.2, -0.15) is 10.5 Å². The minimum absolute atomic E-state index is 0.0656. The number of anilines is 2. The second-order valence-electron chi connectivity index (χ2n) is 11.5. The Labute approximate surface area is 248 Å². The van der Waals surface area contributed by atoms with Crippen LogP contribution in [0.25, 0.3) is 10.9 Å². The predicted octanol–water partition coefficient (Wildman–Crippen LogP) is 4.48. The number of hydrogen-bond donors (Lipinski definition) is 3. The Morgan fingerprint density at radius 2 is 2.00 bits per heavy atom. The quantitative estimate of drug-likeness (QED) is 0.271. The molecular formula is C30H30ClN9O2. The molecule has 4 N–H and O–H groups in total. The van der Waals surface area contributed by atoms with Crippen LogP contribution in [0.1, 0.15) is 55.6 Å². The van der Waals surface area contributed by atoms with E-state index in [2.05, 4.69) is 58.8 Å². The van der Waals surface area contributed by atoms with Crippen molar-refractivity contribution in [1.82, 2.24) is 20.0 Å².